The average Bonchev–Trinajstić information content (AvgIpc) is 2.44. The first-order valence-corrected chi connectivity index (χ1v) is 5.28. The lowest BCUT2D eigenvalue weighted by atomic mass is 10.4. The Balaban J connectivity index is 2.71. The van der Waals surface area contributed by atoms with Gasteiger partial charge in [-0.1, -0.05) is 30.1 Å². The highest BCUT2D eigenvalue weighted by atomic mass is 35.5. The first-order valence-electron chi connectivity index (χ1n) is 3.75. The Morgan fingerprint density at radius 1 is 1.62 bits per heavy atom. The molecule has 3 nitrogen and oxygen atoms in total. The van der Waals surface area contributed by atoms with Crippen molar-refractivity contribution in [3.8, 4) is 0 Å². The van der Waals surface area contributed by atoms with Crippen LogP contribution in [0.5, 0.6) is 0 Å². The number of nitrogens with zero attached hydrogens (tertiary/aromatic N) is 1. The Morgan fingerprint density at radius 2 is 2.31 bits per heavy atom. The molecule has 0 saturated carbocycles. The summed E-state index contributed by atoms with van der Waals surface area (Å²) in [5, 5.41) is 3.12. The van der Waals surface area contributed by atoms with Crippen LogP contribution in [-0.4, -0.2) is 16.8 Å². The van der Waals surface area contributed by atoms with Crippen molar-refractivity contribution in [3.05, 3.63) is 15.1 Å². The zero-order valence-electron chi connectivity index (χ0n) is 6.93. The van der Waals surface area contributed by atoms with Crippen molar-refractivity contribution in [2.75, 3.05) is 6.54 Å². The van der Waals surface area contributed by atoms with Crippen LogP contribution in [0.25, 0.3) is 0 Å². The molecular formula is C7H8Cl2N2OS. The number of hydrogen-bond donors (Lipinski definition) is 1. The van der Waals surface area contributed by atoms with E-state index in [1.54, 1.807) is 0 Å². The standard InChI is InChI=1S/C7H8Cl2N2OS/c1-2-3-10-7(12)5-4(8)6(9)11-13-5/h2-3H2,1H3,(H,10,12). The van der Waals surface area contributed by atoms with Gasteiger partial charge >= 0.3 is 0 Å². The Morgan fingerprint density at radius 3 is 2.77 bits per heavy atom. The molecule has 0 saturated heterocycles. The van der Waals surface area contributed by atoms with E-state index in [2.05, 4.69) is 9.69 Å². The molecule has 0 aliphatic carbocycles. The third-order valence-electron chi connectivity index (χ3n) is 1.34. The Hall–Kier alpha value is -0.320. The molecule has 0 bridgehead atoms. The summed E-state index contributed by atoms with van der Waals surface area (Å²) in [6.45, 7) is 2.60. The van der Waals surface area contributed by atoms with Crippen molar-refractivity contribution < 1.29 is 4.79 Å². The lowest BCUT2D eigenvalue weighted by Crippen LogP contribution is -2.23. The fraction of sp³-hybridized carbons (Fsp3) is 0.429. The number of amides is 1. The van der Waals surface area contributed by atoms with Gasteiger partial charge in [-0.2, -0.15) is 4.37 Å². The van der Waals surface area contributed by atoms with E-state index in [0.717, 1.165) is 18.0 Å². The van der Waals surface area contributed by atoms with Crippen molar-refractivity contribution in [2.24, 2.45) is 0 Å². The number of carbonyl (C=O) groups is 1. The van der Waals surface area contributed by atoms with Crippen molar-refractivity contribution in [2.45, 2.75) is 13.3 Å². The molecule has 0 aliphatic rings. The number of hydrogen-bond acceptors (Lipinski definition) is 3. The van der Waals surface area contributed by atoms with Gasteiger partial charge in [0.05, 0.1) is 0 Å². The summed E-state index contributed by atoms with van der Waals surface area (Å²) in [5.41, 5.74) is 0. The van der Waals surface area contributed by atoms with Gasteiger partial charge in [-0.25, -0.2) is 0 Å². The zero-order chi connectivity index (χ0) is 9.84. The van der Waals surface area contributed by atoms with Crippen molar-refractivity contribution in [1.82, 2.24) is 9.69 Å². The third-order valence-corrected chi connectivity index (χ3v) is 3.14. The van der Waals surface area contributed by atoms with Gasteiger partial charge in [0.1, 0.15) is 9.90 Å². The summed E-state index contributed by atoms with van der Waals surface area (Å²) in [5.74, 6) is -0.212. The zero-order valence-corrected chi connectivity index (χ0v) is 9.26. The van der Waals surface area contributed by atoms with E-state index in [0.29, 0.717) is 11.4 Å². The van der Waals surface area contributed by atoms with E-state index in [1.165, 1.54) is 0 Å². The van der Waals surface area contributed by atoms with Crippen LogP contribution in [0.15, 0.2) is 0 Å². The summed E-state index contributed by atoms with van der Waals surface area (Å²) < 4.78 is 3.76. The van der Waals surface area contributed by atoms with Crippen LogP contribution in [0, 0.1) is 0 Å². The van der Waals surface area contributed by atoms with Crippen LogP contribution in [0.2, 0.25) is 10.2 Å². The number of nitrogens with one attached hydrogen (secondary N) is 1. The van der Waals surface area contributed by atoms with Crippen LogP contribution in [0.4, 0.5) is 0 Å². The molecule has 1 N–H and O–H groups in total. The molecule has 0 aliphatic heterocycles. The van der Waals surface area contributed by atoms with Gasteiger partial charge < -0.3 is 5.32 Å². The molecule has 0 fully saturated rings. The average molecular weight is 239 g/mol. The highest BCUT2D eigenvalue weighted by Crippen LogP contribution is 2.28. The molecule has 1 heterocycles. The lowest BCUT2D eigenvalue weighted by Gasteiger charge is -1.99. The van der Waals surface area contributed by atoms with E-state index in [-0.39, 0.29) is 16.1 Å². The van der Waals surface area contributed by atoms with E-state index in [4.69, 9.17) is 23.2 Å². The Bertz CT molecular complexity index is 313. The van der Waals surface area contributed by atoms with Gasteiger partial charge in [0.15, 0.2) is 5.15 Å². The molecule has 0 unspecified atom stereocenters. The number of halogens is 2. The van der Waals surface area contributed by atoms with Crippen molar-refractivity contribution >= 4 is 40.6 Å². The number of rotatable bonds is 3. The quantitative estimate of drug-likeness (QED) is 0.880. The van der Waals surface area contributed by atoms with Crippen molar-refractivity contribution in [1.29, 1.82) is 0 Å². The fourth-order valence-electron chi connectivity index (χ4n) is 0.719. The molecule has 72 valence electrons. The van der Waals surface area contributed by atoms with Crippen LogP contribution in [-0.2, 0) is 0 Å². The maximum absolute atomic E-state index is 11.4. The van der Waals surface area contributed by atoms with Gasteiger partial charge in [0.25, 0.3) is 5.91 Å². The van der Waals surface area contributed by atoms with Crippen LogP contribution in [0.1, 0.15) is 23.0 Å². The predicted molar refractivity (Wildman–Crippen MR) is 54.8 cm³/mol. The molecule has 6 heteroatoms. The lowest BCUT2D eigenvalue weighted by molar-refractivity contribution is 0.0958. The Kier molecular flexibility index (Phi) is 3.96. The van der Waals surface area contributed by atoms with Gasteiger partial charge in [-0.05, 0) is 18.0 Å². The van der Waals surface area contributed by atoms with Gasteiger partial charge in [0.2, 0.25) is 0 Å². The monoisotopic (exact) mass is 238 g/mol. The first kappa shape index (κ1) is 10.8. The molecule has 1 aromatic heterocycles. The number of carbonyl (C=O) groups excluding carboxylic acids is 1. The van der Waals surface area contributed by atoms with E-state index >= 15 is 0 Å². The highest BCUT2D eigenvalue weighted by molar-refractivity contribution is 7.09. The molecule has 13 heavy (non-hydrogen) atoms. The molecule has 1 aromatic rings. The Labute approximate surface area is 90.2 Å². The second-order valence-electron chi connectivity index (χ2n) is 2.37. The minimum atomic E-state index is -0.212. The maximum atomic E-state index is 11.4. The minimum Gasteiger partial charge on any atom is -0.351 e. The second kappa shape index (κ2) is 4.79. The summed E-state index contributed by atoms with van der Waals surface area (Å²) >= 11 is 12.3. The molecule has 0 aromatic carbocycles. The van der Waals surface area contributed by atoms with Gasteiger partial charge in [0, 0.05) is 6.54 Å². The van der Waals surface area contributed by atoms with Gasteiger partial charge in [-0.15, -0.1) is 0 Å². The minimum absolute atomic E-state index is 0.188. The van der Waals surface area contributed by atoms with Gasteiger partial charge in [-0.3, -0.25) is 4.79 Å². The predicted octanol–water partition coefficient (Wildman–Crippen LogP) is 2.59. The molecule has 1 rings (SSSR count). The summed E-state index contributed by atoms with van der Waals surface area (Å²) in [6.07, 6.45) is 0.885. The van der Waals surface area contributed by atoms with E-state index in [1.807, 2.05) is 6.92 Å². The van der Waals surface area contributed by atoms with E-state index < -0.39 is 0 Å². The molecule has 0 spiro atoms. The van der Waals surface area contributed by atoms with Crippen LogP contribution >= 0.6 is 34.7 Å². The molecule has 0 radical (unpaired) electrons. The molecule has 0 atom stereocenters. The maximum Gasteiger partial charge on any atom is 0.264 e. The SMILES string of the molecule is CCCNC(=O)c1snc(Cl)c1Cl. The molecular weight excluding hydrogens is 231 g/mol. The normalized spacial score (nSPS) is 10.1. The smallest absolute Gasteiger partial charge is 0.264 e. The third kappa shape index (κ3) is 2.56. The number of aromatic nitrogens is 1. The summed E-state index contributed by atoms with van der Waals surface area (Å²) in [6, 6.07) is 0. The fourth-order valence-corrected chi connectivity index (χ4v) is 1.85. The second-order valence-corrected chi connectivity index (χ2v) is 3.88. The largest absolute Gasteiger partial charge is 0.351 e. The molecule has 1 amide bonds. The summed E-state index contributed by atoms with van der Waals surface area (Å²) in [4.78, 5) is 11.7. The van der Waals surface area contributed by atoms with Crippen molar-refractivity contribution in [3.63, 3.8) is 0 Å². The van der Waals surface area contributed by atoms with E-state index in [9.17, 15) is 4.79 Å². The van der Waals surface area contributed by atoms with Crippen LogP contribution < -0.4 is 5.32 Å². The summed E-state index contributed by atoms with van der Waals surface area (Å²) in [7, 11) is 0. The first-order chi connectivity index (χ1) is 6.16. The van der Waals surface area contributed by atoms with Crippen LogP contribution in [0.3, 0.4) is 0 Å². The topological polar surface area (TPSA) is 42.0 Å². The highest BCUT2D eigenvalue weighted by Gasteiger charge is 2.16.